The Morgan fingerprint density at radius 2 is 1.76 bits per heavy atom. The topological polar surface area (TPSA) is 89.9 Å². The maximum atomic E-state index is 12.3. The maximum absolute atomic E-state index is 12.3. The molecule has 2 rings (SSSR count). The lowest BCUT2D eigenvalue weighted by molar-refractivity contribution is -0.150. The number of aliphatic hydroxyl groups excluding tert-OH is 1. The summed E-state index contributed by atoms with van der Waals surface area (Å²) in [7, 11) is 0. The first-order valence-electron chi connectivity index (χ1n) is 7.89. The molecule has 2 unspecified atom stereocenters. The number of piperidine rings is 1. The van der Waals surface area contributed by atoms with E-state index in [1.165, 1.54) is 0 Å². The van der Waals surface area contributed by atoms with Gasteiger partial charge < -0.3 is 20.4 Å². The van der Waals surface area contributed by atoms with Gasteiger partial charge in [0, 0.05) is 13.1 Å². The molecule has 1 saturated heterocycles. The summed E-state index contributed by atoms with van der Waals surface area (Å²) in [5.74, 6) is -0.790. The second-order valence-electron chi connectivity index (χ2n) is 6.61. The van der Waals surface area contributed by atoms with E-state index >= 15 is 0 Å². The Hall–Kier alpha value is -1.30. The smallest absolute Gasteiger partial charge is 0.317 e. The number of aliphatic hydroxyl groups is 1. The van der Waals surface area contributed by atoms with Gasteiger partial charge >= 0.3 is 12.0 Å². The van der Waals surface area contributed by atoms with Crippen LogP contribution in [0.5, 0.6) is 0 Å². The van der Waals surface area contributed by atoms with E-state index in [2.05, 4.69) is 5.32 Å². The zero-order valence-corrected chi connectivity index (χ0v) is 12.7. The van der Waals surface area contributed by atoms with Crippen molar-refractivity contribution in [2.75, 3.05) is 13.1 Å². The van der Waals surface area contributed by atoms with Gasteiger partial charge in [0.05, 0.1) is 17.6 Å². The van der Waals surface area contributed by atoms with Crippen LogP contribution >= 0.6 is 0 Å². The molecule has 21 heavy (non-hydrogen) atoms. The number of urea groups is 1. The van der Waals surface area contributed by atoms with Gasteiger partial charge in [-0.2, -0.15) is 0 Å². The summed E-state index contributed by atoms with van der Waals surface area (Å²) >= 11 is 0. The Bertz CT molecular complexity index is 391. The van der Waals surface area contributed by atoms with Crippen molar-refractivity contribution >= 4 is 12.0 Å². The van der Waals surface area contributed by atoms with Crippen LogP contribution in [0.25, 0.3) is 0 Å². The molecule has 1 heterocycles. The summed E-state index contributed by atoms with van der Waals surface area (Å²) < 4.78 is 0. The van der Waals surface area contributed by atoms with Crippen molar-refractivity contribution in [3.63, 3.8) is 0 Å². The van der Waals surface area contributed by atoms with E-state index in [0.29, 0.717) is 25.9 Å². The molecule has 0 bridgehead atoms. The summed E-state index contributed by atoms with van der Waals surface area (Å²) in [5.41, 5.74) is -0.724. The molecular weight excluding hydrogens is 272 g/mol. The number of carboxylic acids is 1. The van der Waals surface area contributed by atoms with Crippen LogP contribution in [0.1, 0.15) is 51.9 Å². The van der Waals surface area contributed by atoms with Crippen molar-refractivity contribution in [3.8, 4) is 0 Å². The van der Waals surface area contributed by atoms with E-state index in [1.54, 1.807) is 11.8 Å². The largest absolute Gasteiger partial charge is 0.481 e. The van der Waals surface area contributed by atoms with Gasteiger partial charge in [-0.05, 0) is 32.6 Å². The molecule has 6 heteroatoms. The fourth-order valence-corrected chi connectivity index (χ4v) is 3.12. The first kappa shape index (κ1) is 16.1. The maximum Gasteiger partial charge on any atom is 0.317 e. The van der Waals surface area contributed by atoms with Crippen LogP contribution in [-0.4, -0.2) is 52.3 Å². The summed E-state index contributed by atoms with van der Waals surface area (Å²) in [6, 6.07) is -0.346. The van der Waals surface area contributed by atoms with Gasteiger partial charge in [0.1, 0.15) is 0 Å². The van der Waals surface area contributed by atoms with Crippen molar-refractivity contribution < 1.29 is 19.8 Å². The van der Waals surface area contributed by atoms with E-state index in [0.717, 1.165) is 32.1 Å². The summed E-state index contributed by atoms with van der Waals surface area (Å²) in [5, 5.41) is 22.2. The van der Waals surface area contributed by atoms with Crippen molar-refractivity contribution in [1.29, 1.82) is 0 Å². The normalized spacial score (nSPS) is 29.5. The summed E-state index contributed by atoms with van der Waals surface area (Å²) in [6.07, 6.45) is 5.17. The molecule has 120 valence electrons. The minimum atomic E-state index is -0.790. The minimum Gasteiger partial charge on any atom is -0.481 e. The molecule has 0 spiro atoms. The molecule has 0 radical (unpaired) electrons. The van der Waals surface area contributed by atoms with E-state index in [9.17, 15) is 19.8 Å². The molecule has 1 saturated carbocycles. The van der Waals surface area contributed by atoms with Gasteiger partial charge in [0.15, 0.2) is 0 Å². The summed E-state index contributed by atoms with van der Waals surface area (Å²) in [4.78, 5) is 25.1. The number of hydrogen-bond donors (Lipinski definition) is 3. The number of amides is 2. The molecule has 2 atom stereocenters. The summed E-state index contributed by atoms with van der Waals surface area (Å²) in [6.45, 7) is 2.65. The van der Waals surface area contributed by atoms with Gasteiger partial charge in [0.25, 0.3) is 0 Å². The van der Waals surface area contributed by atoms with E-state index in [-0.39, 0.29) is 12.1 Å². The second-order valence-corrected chi connectivity index (χ2v) is 6.61. The molecule has 1 aliphatic heterocycles. The number of hydrogen-bond acceptors (Lipinski definition) is 3. The van der Waals surface area contributed by atoms with Gasteiger partial charge in [-0.1, -0.05) is 19.3 Å². The molecule has 0 aromatic heterocycles. The number of rotatable bonds is 2. The second kappa shape index (κ2) is 6.64. The van der Waals surface area contributed by atoms with Crippen molar-refractivity contribution in [3.05, 3.63) is 0 Å². The minimum absolute atomic E-state index is 0.173. The highest BCUT2D eigenvalue weighted by molar-refractivity contribution is 5.77. The van der Waals surface area contributed by atoms with E-state index < -0.39 is 17.5 Å². The third-order valence-corrected chi connectivity index (χ3v) is 4.96. The molecule has 0 aromatic carbocycles. The Balaban J connectivity index is 1.85. The molecule has 0 aromatic rings. The standard InChI is InChI=1S/C15H26N2O4/c1-15(13(19)20)7-9-17(10-8-15)14(21)16-11-5-3-2-4-6-12(11)18/h11-12,18H,2-10H2,1H3,(H,16,21)(H,19,20). The Morgan fingerprint density at radius 3 is 2.38 bits per heavy atom. The number of nitrogens with one attached hydrogen (secondary N) is 1. The molecule has 6 nitrogen and oxygen atoms in total. The van der Waals surface area contributed by atoms with Crippen LogP contribution < -0.4 is 5.32 Å². The van der Waals surface area contributed by atoms with Crippen molar-refractivity contribution in [1.82, 2.24) is 10.2 Å². The zero-order chi connectivity index (χ0) is 15.5. The zero-order valence-electron chi connectivity index (χ0n) is 12.7. The lowest BCUT2D eigenvalue weighted by atomic mass is 9.80. The third-order valence-electron chi connectivity index (χ3n) is 4.96. The monoisotopic (exact) mass is 298 g/mol. The SMILES string of the molecule is CC1(C(=O)O)CCN(C(=O)NC2CCCCCC2O)CC1. The molecule has 2 aliphatic rings. The van der Waals surface area contributed by atoms with Crippen LogP contribution in [0.3, 0.4) is 0 Å². The Morgan fingerprint density at radius 1 is 1.14 bits per heavy atom. The lowest BCUT2D eigenvalue weighted by Crippen LogP contribution is -2.52. The van der Waals surface area contributed by atoms with Crippen LogP contribution in [-0.2, 0) is 4.79 Å². The number of carbonyl (C=O) groups is 2. The number of carbonyl (C=O) groups excluding carboxylic acids is 1. The van der Waals surface area contributed by atoms with Crippen LogP contribution in [0.15, 0.2) is 0 Å². The highest BCUT2D eigenvalue weighted by Gasteiger charge is 2.38. The first-order chi connectivity index (χ1) is 9.92. The fourth-order valence-electron chi connectivity index (χ4n) is 3.12. The quantitative estimate of drug-likeness (QED) is 0.675. The average molecular weight is 298 g/mol. The van der Waals surface area contributed by atoms with Gasteiger partial charge in [-0.3, -0.25) is 4.79 Å². The highest BCUT2D eigenvalue weighted by Crippen LogP contribution is 2.31. The lowest BCUT2D eigenvalue weighted by Gasteiger charge is -2.37. The van der Waals surface area contributed by atoms with Gasteiger partial charge in [-0.15, -0.1) is 0 Å². The predicted octanol–water partition coefficient (Wildman–Crippen LogP) is 1.58. The highest BCUT2D eigenvalue weighted by atomic mass is 16.4. The molecule has 2 amide bonds. The predicted molar refractivity (Wildman–Crippen MR) is 78.0 cm³/mol. The molecule has 3 N–H and O–H groups in total. The van der Waals surface area contributed by atoms with Gasteiger partial charge in [0.2, 0.25) is 0 Å². The first-order valence-corrected chi connectivity index (χ1v) is 7.89. The third kappa shape index (κ3) is 3.87. The van der Waals surface area contributed by atoms with Crippen LogP contribution in [0.2, 0.25) is 0 Å². The Labute approximate surface area is 125 Å². The molecular formula is C15H26N2O4. The number of carboxylic acid groups (broad SMARTS) is 1. The molecule has 1 aliphatic carbocycles. The number of aliphatic carboxylic acids is 1. The van der Waals surface area contributed by atoms with Crippen LogP contribution in [0.4, 0.5) is 4.79 Å². The van der Waals surface area contributed by atoms with Crippen LogP contribution in [0, 0.1) is 5.41 Å². The number of nitrogens with zero attached hydrogens (tertiary/aromatic N) is 1. The van der Waals surface area contributed by atoms with Crippen molar-refractivity contribution in [2.24, 2.45) is 5.41 Å². The van der Waals surface area contributed by atoms with Crippen molar-refractivity contribution in [2.45, 2.75) is 64.0 Å². The molecule has 2 fully saturated rings. The fraction of sp³-hybridized carbons (Fsp3) is 0.867. The Kier molecular flexibility index (Phi) is 5.08. The van der Waals surface area contributed by atoms with E-state index in [1.807, 2.05) is 0 Å². The van der Waals surface area contributed by atoms with E-state index in [4.69, 9.17) is 0 Å². The van der Waals surface area contributed by atoms with Gasteiger partial charge in [-0.25, -0.2) is 4.79 Å². The average Bonchev–Trinajstić information content (AvgIpc) is 2.65. The number of likely N-dealkylation sites (tertiary alicyclic amines) is 1.